The van der Waals surface area contributed by atoms with E-state index in [2.05, 4.69) is 14.8 Å². The number of alkyl halides is 2. The van der Waals surface area contributed by atoms with Crippen LogP contribution in [0.2, 0.25) is 10.0 Å². The van der Waals surface area contributed by atoms with Gasteiger partial charge in [-0.15, -0.1) is 8.78 Å². The zero-order valence-corrected chi connectivity index (χ0v) is 12.0. The van der Waals surface area contributed by atoms with Crippen LogP contribution in [0.15, 0.2) is 36.4 Å². The molecule has 3 rings (SSSR count). The molecule has 0 amide bonds. The number of hydrogen-bond acceptors (Lipinski definition) is 3. The molecule has 2 aromatic rings. The Kier molecular flexibility index (Phi) is 3.55. The molecule has 1 aliphatic rings. The number of rotatable bonds is 3. The molecule has 0 radical (unpaired) electrons. The molecular weight excluding hydrogens is 323 g/mol. The fraction of sp³-hybridized carbons (Fsp3) is 0.143. The van der Waals surface area contributed by atoms with Gasteiger partial charge in [0, 0.05) is 28.3 Å². The molecule has 110 valence electrons. The summed E-state index contributed by atoms with van der Waals surface area (Å²) in [5.41, 5.74) is 1.45. The van der Waals surface area contributed by atoms with Gasteiger partial charge in [-0.25, -0.2) is 0 Å². The third-order valence-electron chi connectivity index (χ3n) is 2.90. The minimum absolute atomic E-state index is 0.00722. The number of hydrogen-bond donors (Lipinski definition) is 1. The van der Waals surface area contributed by atoms with Gasteiger partial charge in [0.1, 0.15) is 0 Å². The lowest BCUT2D eigenvalue weighted by Gasteiger charge is -2.09. The van der Waals surface area contributed by atoms with Gasteiger partial charge < -0.3 is 14.8 Å². The average molecular weight is 332 g/mol. The van der Waals surface area contributed by atoms with Crippen LogP contribution in [0.1, 0.15) is 5.56 Å². The van der Waals surface area contributed by atoms with Crippen molar-refractivity contribution in [2.45, 2.75) is 12.8 Å². The van der Waals surface area contributed by atoms with Crippen molar-refractivity contribution in [3.63, 3.8) is 0 Å². The Hall–Kier alpha value is -1.72. The van der Waals surface area contributed by atoms with Crippen LogP contribution in [0.25, 0.3) is 0 Å². The molecule has 21 heavy (non-hydrogen) atoms. The van der Waals surface area contributed by atoms with E-state index >= 15 is 0 Å². The molecule has 0 saturated carbocycles. The van der Waals surface area contributed by atoms with Crippen molar-refractivity contribution < 1.29 is 18.3 Å². The van der Waals surface area contributed by atoms with Gasteiger partial charge in [-0.2, -0.15) is 0 Å². The first-order valence-corrected chi connectivity index (χ1v) is 6.76. The zero-order valence-electron chi connectivity index (χ0n) is 10.5. The lowest BCUT2D eigenvalue weighted by molar-refractivity contribution is -0.286. The van der Waals surface area contributed by atoms with Crippen molar-refractivity contribution in [2.24, 2.45) is 0 Å². The lowest BCUT2D eigenvalue weighted by Crippen LogP contribution is -2.25. The number of nitrogens with one attached hydrogen (secondary N) is 1. The smallest absolute Gasteiger partial charge is 0.395 e. The van der Waals surface area contributed by atoms with Gasteiger partial charge in [-0.3, -0.25) is 0 Å². The van der Waals surface area contributed by atoms with Gasteiger partial charge in [0.2, 0.25) is 0 Å². The predicted molar refractivity (Wildman–Crippen MR) is 76.4 cm³/mol. The fourth-order valence-corrected chi connectivity index (χ4v) is 2.40. The van der Waals surface area contributed by atoms with Crippen LogP contribution in [0.4, 0.5) is 14.5 Å². The Bertz CT molecular complexity index is 695. The van der Waals surface area contributed by atoms with Crippen molar-refractivity contribution >= 4 is 28.9 Å². The molecule has 1 aliphatic heterocycles. The molecule has 0 fully saturated rings. The van der Waals surface area contributed by atoms with E-state index in [1.165, 1.54) is 12.1 Å². The van der Waals surface area contributed by atoms with E-state index in [0.29, 0.717) is 22.3 Å². The van der Waals surface area contributed by atoms with Crippen molar-refractivity contribution in [3.8, 4) is 11.5 Å². The van der Waals surface area contributed by atoms with Gasteiger partial charge >= 0.3 is 6.29 Å². The first-order chi connectivity index (χ1) is 9.93. The summed E-state index contributed by atoms with van der Waals surface area (Å²) in [6, 6.07) is 9.64. The van der Waals surface area contributed by atoms with E-state index in [9.17, 15) is 8.78 Å². The summed E-state index contributed by atoms with van der Waals surface area (Å²) >= 11 is 11.9. The van der Waals surface area contributed by atoms with Crippen molar-refractivity contribution in [2.75, 3.05) is 5.32 Å². The van der Waals surface area contributed by atoms with Crippen molar-refractivity contribution in [1.29, 1.82) is 0 Å². The molecule has 0 unspecified atom stereocenters. The van der Waals surface area contributed by atoms with Crippen LogP contribution >= 0.6 is 23.2 Å². The van der Waals surface area contributed by atoms with E-state index in [1.807, 2.05) is 0 Å². The van der Waals surface area contributed by atoms with Crippen molar-refractivity contribution in [3.05, 3.63) is 52.0 Å². The highest BCUT2D eigenvalue weighted by Gasteiger charge is 2.43. The summed E-state index contributed by atoms with van der Waals surface area (Å²) in [7, 11) is 0. The van der Waals surface area contributed by atoms with E-state index < -0.39 is 6.29 Å². The van der Waals surface area contributed by atoms with Crippen molar-refractivity contribution in [1.82, 2.24) is 0 Å². The summed E-state index contributed by atoms with van der Waals surface area (Å²) in [6.45, 7) is 0.423. The van der Waals surface area contributed by atoms with Gasteiger partial charge in [-0.05, 0) is 29.8 Å². The Morgan fingerprint density at radius 2 is 1.76 bits per heavy atom. The summed E-state index contributed by atoms with van der Waals surface area (Å²) in [6.07, 6.45) is -3.61. The van der Waals surface area contributed by atoms with Gasteiger partial charge in [0.05, 0.1) is 0 Å². The maximum Gasteiger partial charge on any atom is 0.586 e. The molecule has 0 saturated heterocycles. The van der Waals surface area contributed by atoms with E-state index in [1.54, 1.807) is 24.3 Å². The van der Waals surface area contributed by atoms with Crippen LogP contribution in [-0.2, 0) is 6.54 Å². The van der Waals surface area contributed by atoms with E-state index in [4.69, 9.17) is 23.2 Å². The molecule has 3 nitrogen and oxygen atoms in total. The number of halogens is 4. The topological polar surface area (TPSA) is 30.5 Å². The zero-order chi connectivity index (χ0) is 15.0. The average Bonchev–Trinajstić information content (AvgIpc) is 2.70. The highest BCUT2D eigenvalue weighted by Crippen LogP contribution is 2.42. The first-order valence-electron chi connectivity index (χ1n) is 6.01. The Balaban J connectivity index is 1.72. The second-order valence-corrected chi connectivity index (χ2v) is 5.26. The Morgan fingerprint density at radius 3 is 2.52 bits per heavy atom. The number of benzene rings is 2. The maximum atomic E-state index is 12.9. The van der Waals surface area contributed by atoms with Crippen LogP contribution in [0.3, 0.4) is 0 Å². The summed E-state index contributed by atoms with van der Waals surface area (Å²) in [4.78, 5) is 0. The highest BCUT2D eigenvalue weighted by molar-refractivity contribution is 6.35. The normalized spacial score (nSPS) is 15.0. The quantitative estimate of drug-likeness (QED) is 0.865. The van der Waals surface area contributed by atoms with Crippen LogP contribution in [0, 0.1) is 0 Å². The monoisotopic (exact) mass is 331 g/mol. The lowest BCUT2D eigenvalue weighted by atomic mass is 10.2. The standard InChI is InChI=1S/C14H9Cl2F2NO2/c15-9-2-1-8(11(16)5-9)7-19-10-3-4-12-13(6-10)21-14(17,18)20-12/h1-6,19H,7H2. The maximum absolute atomic E-state index is 12.9. The van der Waals surface area contributed by atoms with Gasteiger partial charge in [0.15, 0.2) is 11.5 Å². The Labute approximate surface area is 129 Å². The second kappa shape index (κ2) is 5.24. The van der Waals surface area contributed by atoms with Crippen LogP contribution in [-0.4, -0.2) is 6.29 Å². The summed E-state index contributed by atoms with van der Waals surface area (Å²) < 4.78 is 34.5. The van der Waals surface area contributed by atoms with E-state index in [-0.39, 0.29) is 11.5 Å². The van der Waals surface area contributed by atoms with E-state index in [0.717, 1.165) is 5.56 Å². The molecule has 0 spiro atoms. The molecule has 0 aliphatic carbocycles. The Morgan fingerprint density at radius 1 is 1.00 bits per heavy atom. The SMILES string of the molecule is FC1(F)Oc2ccc(NCc3ccc(Cl)cc3Cl)cc2O1. The molecule has 0 bridgehead atoms. The predicted octanol–water partition coefficient (Wildman–Crippen LogP) is 4.93. The van der Waals surface area contributed by atoms with Crippen LogP contribution < -0.4 is 14.8 Å². The van der Waals surface area contributed by atoms with Crippen LogP contribution in [0.5, 0.6) is 11.5 Å². The first kappa shape index (κ1) is 14.2. The third-order valence-corrected chi connectivity index (χ3v) is 3.49. The largest absolute Gasteiger partial charge is 0.586 e. The highest BCUT2D eigenvalue weighted by atomic mass is 35.5. The minimum Gasteiger partial charge on any atom is -0.395 e. The summed E-state index contributed by atoms with van der Waals surface area (Å²) in [5, 5.41) is 4.15. The number of anilines is 1. The third kappa shape index (κ3) is 3.14. The molecule has 2 aromatic carbocycles. The second-order valence-electron chi connectivity index (χ2n) is 4.42. The fourth-order valence-electron chi connectivity index (χ4n) is 1.92. The number of ether oxygens (including phenoxy) is 2. The molecule has 7 heteroatoms. The van der Waals surface area contributed by atoms with Gasteiger partial charge in [0.25, 0.3) is 0 Å². The molecular formula is C14H9Cl2F2NO2. The molecule has 1 heterocycles. The number of fused-ring (bicyclic) bond motifs is 1. The molecule has 1 N–H and O–H groups in total. The molecule has 0 aromatic heterocycles. The minimum atomic E-state index is -3.61. The van der Waals surface area contributed by atoms with Gasteiger partial charge in [-0.1, -0.05) is 29.3 Å². The summed E-state index contributed by atoms with van der Waals surface area (Å²) in [5.74, 6) is 0.00211. The molecule has 0 atom stereocenters.